The summed E-state index contributed by atoms with van der Waals surface area (Å²) in [7, 11) is 1.97. The topological polar surface area (TPSA) is 29.9 Å². The first-order valence-electron chi connectivity index (χ1n) is 7.19. The lowest BCUT2D eigenvalue weighted by Crippen LogP contribution is -2.25. The van der Waals surface area contributed by atoms with Crippen molar-refractivity contribution in [3.05, 3.63) is 51.3 Å². The number of aryl methyl sites for hydroxylation is 2. The van der Waals surface area contributed by atoms with Gasteiger partial charge in [0, 0.05) is 35.2 Å². The van der Waals surface area contributed by atoms with Gasteiger partial charge in [-0.05, 0) is 43.7 Å². The van der Waals surface area contributed by atoms with Crippen LogP contribution >= 0.6 is 23.2 Å². The van der Waals surface area contributed by atoms with Crippen molar-refractivity contribution in [1.82, 2.24) is 15.1 Å². The van der Waals surface area contributed by atoms with Gasteiger partial charge in [-0.25, -0.2) is 0 Å². The number of hydrogen-bond acceptors (Lipinski definition) is 2. The summed E-state index contributed by atoms with van der Waals surface area (Å²) >= 11 is 12.4. The molecule has 1 atom stereocenters. The molecule has 21 heavy (non-hydrogen) atoms. The van der Waals surface area contributed by atoms with Crippen molar-refractivity contribution in [2.75, 3.05) is 6.54 Å². The average Bonchev–Trinajstić information content (AvgIpc) is 2.73. The number of nitrogens with zero attached hydrogens (tertiary/aromatic N) is 2. The predicted octanol–water partition coefficient (Wildman–Crippen LogP) is 4.32. The number of benzene rings is 1. The van der Waals surface area contributed by atoms with Crippen molar-refractivity contribution in [3.63, 3.8) is 0 Å². The smallest absolute Gasteiger partial charge is 0.0596 e. The molecule has 1 aromatic carbocycles. The summed E-state index contributed by atoms with van der Waals surface area (Å²) in [6.45, 7) is 5.11. The average molecular weight is 326 g/mol. The third-order valence-electron chi connectivity index (χ3n) is 3.49. The van der Waals surface area contributed by atoms with Crippen LogP contribution in [0.3, 0.4) is 0 Å². The molecule has 5 heteroatoms. The van der Waals surface area contributed by atoms with E-state index in [9.17, 15) is 0 Å². The highest BCUT2D eigenvalue weighted by atomic mass is 35.5. The van der Waals surface area contributed by atoms with Gasteiger partial charge < -0.3 is 5.32 Å². The van der Waals surface area contributed by atoms with Crippen LogP contribution in [0.5, 0.6) is 0 Å². The number of halogens is 2. The summed E-state index contributed by atoms with van der Waals surface area (Å²) < 4.78 is 1.93. The maximum atomic E-state index is 6.37. The van der Waals surface area contributed by atoms with Crippen molar-refractivity contribution < 1.29 is 0 Å². The van der Waals surface area contributed by atoms with Crippen molar-refractivity contribution in [2.45, 2.75) is 32.7 Å². The maximum Gasteiger partial charge on any atom is 0.0596 e. The maximum absolute atomic E-state index is 6.37. The minimum absolute atomic E-state index is 0.157. The number of rotatable bonds is 6. The summed E-state index contributed by atoms with van der Waals surface area (Å²) in [5.74, 6) is 0. The molecule has 0 amide bonds. The minimum Gasteiger partial charge on any atom is -0.310 e. The number of hydrogen-bond donors (Lipinski definition) is 1. The minimum atomic E-state index is 0.157. The lowest BCUT2D eigenvalue weighted by Gasteiger charge is -2.20. The summed E-state index contributed by atoms with van der Waals surface area (Å²) in [6.07, 6.45) is 1.92. The van der Waals surface area contributed by atoms with Crippen LogP contribution in [0.15, 0.2) is 24.3 Å². The van der Waals surface area contributed by atoms with Gasteiger partial charge in [0.2, 0.25) is 0 Å². The second-order valence-corrected chi connectivity index (χ2v) is 6.12. The fraction of sp³-hybridized carbons (Fsp3) is 0.438. The first-order valence-corrected chi connectivity index (χ1v) is 7.94. The molecule has 1 heterocycles. The molecular weight excluding hydrogens is 305 g/mol. The summed E-state index contributed by atoms with van der Waals surface area (Å²) in [5.41, 5.74) is 3.30. The molecule has 0 aliphatic heterocycles. The van der Waals surface area contributed by atoms with Crippen molar-refractivity contribution >= 4 is 23.2 Å². The van der Waals surface area contributed by atoms with Crippen LogP contribution in [-0.2, 0) is 13.5 Å². The Bertz CT molecular complexity index is 608. The lowest BCUT2D eigenvalue weighted by atomic mass is 10.0. The van der Waals surface area contributed by atoms with E-state index in [4.69, 9.17) is 23.2 Å². The fourth-order valence-electron chi connectivity index (χ4n) is 2.46. The van der Waals surface area contributed by atoms with Gasteiger partial charge in [0.25, 0.3) is 0 Å². The summed E-state index contributed by atoms with van der Waals surface area (Å²) in [6, 6.07) is 7.96. The normalized spacial score (nSPS) is 12.6. The Labute approximate surface area is 136 Å². The highest BCUT2D eigenvalue weighted by Crippen LogP contribution is 2.28. The molecule has 2 aromatic rings. The van der Waals surface area contributed by atoms with E-state index in [2.05, 4.69) is 23.4 Å². The van der Waals surface area contributed by atoms with Crippen LogP contribution in [-0.4, -0.2) is 16.3 Å². The third kappa shape index (κ3) is 4.22. The largest absolute Gasteiger partial charge is 0.310 e. The van der Waals surface area contributed by atoms with E-state index in [0.717, 1.165) is 30.6 Å². The Morgan fingerprint density at radius 1 is 1.29 bits per heavy atom. The Morgan fingerprint density at radius 2 is 2.05 bits per heavy atom. The van der Waals surface area contributed by atoms with Gasteiger partial charge in [0.05, 0.1) is 5.69 Å². The molecule has 0 saturated heterocycles. The molecule has 1 unspecified atom stereocenters. The molecule has 0 aliphatic rings. The van der Waals surface area contributed by atoms with Crippen molar-refractivity contribution in [1.29, 1.82) is 0 Å². The first-order chi connectivity index (χ1) is 10.0. The lowest BCUT2D eigenvalue weighted by molar-refractivity contribution is 0.512. The third-order valence-corrected chi connectivity index (χ3v) is 4.05. The first kappa shape index (κ1) is 16.3. The SMILES string of the molecule is CCCNC(Cc1cc(C)nn1C)c1ccc(Cl)cc1Cl. The van der Waals surface area contributed by atoms with Crippen LogP contribution in [0, 0.1) is 6.92 Å². The Balaban J connectivity index is 2.27. The zero-order valence-electron chi connectivity index (χ0n) is 12.7. The second-order valence-electron chi connectivity index (χ2n) is 5.28. The second kappa shape index (κ2) is 7.30. The fourth-order valence-corrected chi connectivity index (χ4v) is 3.00. The van der Waals surface area contributed by atoms with E-state index in [0.29, 0.717) is 10.0 Å². The zero-order chi connectivity index (χ0) is 15.4. The van der Waals surface area contributed by atoms with Gasteiger partial charge >= 0.3 is 0 Å². The molecule has 0 radical (unpaired) electrons. The summed E-state index contributed by atoms with van der Waals surface area (Å²) in [5, 5.41) is 9.34. The van der Waals surface area contributed by atoms with E-state index in [1.54, 1.807) is 6.07 Å². The van der Waals surface area contributed by atoms with Crippen LogP contribution in [0.4, 0.5) is 0 Å². The van der Waals surface area contributed by atoms with Gasteiger partial charge in [-0.15, -0.1) is 0 Å². The van der Waals surface area contributed by atoms with Gasteiger partial charge in [-0.1, -0.05) is 36.2 Å². The predicted molar refractivity (Wildman–Crippen MR) is 89.1 cm³/mol. The van der Waals surface area contributed by atoms with Gasteiger partial charge in [0.1, 0.15) is 0 Å². The van der Waals surface area contributed by atoms with Gasteiger partial charge in [-0.2, -0.15) is 5.10 Å². The zero-order valence-corrected chi connectivity index (χ0v) is 14.2. The number of aromatic nitrogens is 2. The van der Waals surface area contributed by atoms with E-state index in [1.807, 2.05) is 30.8 Å². The van der Waals surface area contributed by atoms with Gasteiger partial charge in [0.15, 0.2) is 0 Å². The highest BCUT2D eigenvalue weighted by molar-refractivity contribution is 6.35. The molecule has 0 spiro atoms. The Morgan fingerprint density at radius 3 is 2.62 bits per heavy atom. The standard InChI is InChI=1S/C16H21Cl2N3/c1-4-7-19-16(10-13-8-11(2)20-21(13)3)14-6-5-12(17)9-15(14)18/h5-6,8-9,16,19H,4,7,10H2,1-3H3. The molecule has 0 fully saturated rings. The van der Waals surface area contributed by atoms with E-state index >= 15 is 0 Å². The molecule has 114 valence electrons. The van der Waals surface area contributed by atoms with Crippen LogP contribution in [0.1, 0.15) is 36.3 Å². The van der Waals surface area contributed by atoms with E-state index in [-0.39, 0.29) is 6.04 Å². The van der Waals surface area contributed by atoms with Crippen molar-refractivity contribution in [2.24, 2.45) is 7.05 Å². The molecule has 0 bridgehead atoms. The summed E-state index contributed by atoms with van der Waals surface area (Å²) in [4.78, 5) is 0. The van der Waals surface area contributed by atoms with E-state index in [1.165, 1.54) is 5.69 Å². The van der Waals surface area contributed by atoms with Crippen LogP contribution < -0.4 is 5.32 Å². The van der Waals surface area contributed by atoms with Crippen molar-refractivity contribution in [3.8, 4) is 0 Å². The van der Waals surface area contributed by atoms with Crippen LogP contribution in [0.2, 0.25) is 10.0 Å². The molecule has 3 nitrogen and oxygen atoms in total. The Kier molecular flexibility index (Phi) is 5.68. The molecule has 0 aliphatic carbocycles. The molecular formula is C16H21Cl2N3. The molecule has 1 N–H and O–H groups in total. The highest BCUT2D eigenvalue weighted by Gasteiger charge is 2.17. The monoisotopic (exact) mass is 325 g/mol. The Hall–Kier alpha value is -1.03. The van der Waals surface area contributed by atoms with E-state index < -0.39 is 0 Å². The quantitative estimate of drug-likeness (QED) is 0.857. The number of nitrogens with one attached hydrogen (secondary N) is 1. The van der Waals surface area contributed by atoms with Crippen LogP contribution in [0.25, 0.3) is 0 Å². The molecule has 2 rings (SSSR count). The van der Waals surface area contributed by atoms with Gasteiger partial charge in [-0.3, -0.25) is 4.68 Å². The molecule has 0 saturated carbocycles. The molecule has 1 aromatic heterocycles.